The van der Waals surface area contributed by atoms with Crippen molar-refractivity contribution < 1.29 is 4.74 Å². The van der Waals surface area contributed by atoms with Crippen molar-refractivity contribution in [3.63, 3.8) is 0 Å². The molecule has 4 heteroatoms. The minimum absolute atomic E-state index is 0. The van der Waals surface area contributed by atoms with Crippen molar-refractivity contribution >= 4 is 24.0 Å². The minimum atomic E-state index is 0. The number of nitrogens with one attached hydrogen (secondary N) is 1. The van der Waals surface area contributed by atoms with Crippen molar-refractivity contribution in [1.29, 1.82) is 0 Å². The number of ether oxygens (including phenoxy) is 1. The summed E-state index contributed by atoms with van der Waals surface area (Å²) in [6.07, 6.45) is 3.55. The zero-order valence-corrected chi connectivity index (χ0v) is 18.0. The molecule has 3 unspecified atom stereocenters. The van der Waals surface area contributed by atoms with Gasteiger partial charge in [0.15, 0.2) is 0 Å². The van der Waals surface area contributed by atoms with E-state index < -0.39 is 0 Å². The molecule has 0 aliphatic heterocycles. The van der Waals surface area contributed by atoms with Gasteiger partial charge in [-0.25, -0.2) is 0 Å². The molecule has 5 rings (SSSR count). The third-order valence-electron chi connectivity index (χ3n) is 6.13. The number of aryl methyl sites for hydroxylation is 1. The average molecular weight is 426 g/mol. The fraction of sp³-hybridized carbons (Fsp3) is 0.280. The van der Waals surface area contributed by atoms with Crippen LogP contribution >= 0.6 is 24.0 Å². The van der Waals surface area contributed by atoms with Gasteiger partial charge in [0.05, 0.1) is 7.11 Å². The number of methoxy groups -OCH3 is 1. The van der Waals surface area contributed by atoms with E-state index in [0.29, 0.717) is 18.0 Å². The van der Waals surface area contributed by atoms with Gasteiger partial charge in [0.2, 0.25) is 0 Å². The van der Waals surface area contributed by atoms with E-state index in [-0.39, 0.29) is 12.4 Å². The first-order chi connectivity index (χ1) is 13.7. The maximum absolute atomic E-state index is 6.13. The molecule has 1 N–H and O–H groups in total. The Morgan fingerprint density at radius 2 is 1.79 bits per heavy atom. The van der Waals surface area contributed by atoms with E-state index in [9.17, 15) is 0 Å². The molecule has 2 aliphatic carbocycles. The highest BCUT2D eigenvalue weighted by atomic mass is 35.5. The second-order valence-corrected chi connectivity index (χ2v) is 8.34. The SMILES string of the molecule is COc1ccc2c(c1)C(NC1CC1c1ccc(-c3cccc(Cl)c3)cc1)CC2.Cl. The molecule has 29 heavy (non-hydrogen) atoms. The molecule has 0 heterocycles. The number of hydrogen-bond acceptors (Lipinski definition) is 2. The molecule has 1 fully saturated rings. The van der Waals surface area contributed by atoms with Crippen LogP contribution in [0.3, 0.4) is 0 Å². The summed E-state index contributed by atoms with van der Waals surface area (Å²) in [5, 5.41) is 4.67. The summed E-state index contributed by atoms with van der Waals surface area (Å²) < 4.78 is 5.42. The van der Waals surface area contributed by atoms with Crippen molar-refractivity contribution in [3.05, 3.63) is 88.4 Å². The van der Waals surface area contributed by atoms with Crippen LogP contribution in [0.5, 0.6) is 5.75 Å². The van der Waals surface area contributed by atoms with Crippen LogP contribution in [0.15, 0.2) is 66.7 Å². The molecule has 2 nitrogen and oxygen atoms in total. The van der Waals surface area contributed by atoms with Gasteiger partial charge < -0.3 is 10.1 Å². The fourth-order valence-corrected chi connectivity index (χ4v) is 4.67. The highest BCUT2D eigenvalue weighted by Crippen LogP contribution is 2.44. The first kappa shape index (κ1) is 20.3. The van der Waals surface area contributed by atoms with Crippen LogP contribution in [-0.4, -0.2) is 13.2 Å². The van der Waals surface area contributed by atoms with Crippen LogP contribution in [0.25, 0.3) is 11.1 Å². The average Bonchev–Trinajstić information content (AvgIpc) is 3.39. The summed E-state index contributed by atoms with van der Waals surface area (Å²) in [6, 6.07) is 24.5. The monoisotopic (exact) mass is 425 g/mol. The van der Waals surface area contributed by atoms with Gasteiger partial charge in [-0.3, -0.25) is 0 Å². The van der Waals surface area contributed by atoms with E-state index in [1.165, 1.54) is 40.7 Å². The van der Waals surface area contributed by atoms with Crippen LogP contribution in [0, 0.1) is 0 Å². The summed E-state index contributed by atoms with van der Waals surface area (Å²) in [5.74, 6) is 1.57. The molecule has 3 aromatic rings. The third kappa shape index (κ3) is 4.16. The number of rotatable bonds is 5. The first-order valence-electron chi connectivity index (χ1n) is 10.00. The predicted octanol–water partition coefficient (Wildman–Crippen LogP) is 6.57. The quantitative estimate of drug-likeness (QED) is 0.498. The Hall–Kier alpha value is -2.00. The lowest BCUT2D eigenvalue weighted by atomic mass is 10.0. The summed E-state index contributed by atoms with van der Waals surface area (Å²) in [4.78, 5) is 0. The molecule has 3 atom stereocenters. The fourth-order valence-electron chi connectivity index (χ4n) is 4.48. The van der Waals surface area contributed by atoms with Gasteiger partial charge in [-0.15, -0.1) is 12.4 Å². The molecule has 0 aromatic heterocycles. The van der Waals surface area contributed by atoms with E-state index in [0.717, 1.165) is 17.2 Å². The molecular formula is C25H25Cl2NO. The molecule has 1 saturated carbocycles. The zero-order chi connectivity index (χ0) is 19.1. The van der Waals surface area contributed by atoms with Gasteiger partial charge in [-0.05, 0) is 71.3 Å². The molecule has 0 saturated heterocycles. The van der Waals surface area contributed by atoms with E-state index in [2.05, 4.69) is 53.8 Å². The third-order valence-corrected chi connectivity index (χ3v) is 6.37. The topological polar surface area (TPSA) is 21.3 Å². The standard InChI is InChI=1S/C25H24ClNO.ClH/c1-28-21-11-9-18-10-12-24(22(18)14-21)27-25-15-23(25)17-7-5-16(6-8-17)19-3-2-4-20(26)13-19;/h2-9,11,13-14,23-25,27H,10,12,15H2,1H3;1H. The molecule has 0 spiro atoms. The van der Waals surface area contributed by atoms with Crippen LogP contribution < -0.4 is 10.1 Å². The predicted molar refractivity (Wildman–Crippen MR) is 122 cm³/mol. The molecule has 0 bridgehead atoms. The number of fused-ring (bicyclic) bond motifs is 1. The highest BCUT2D eigenvalue weighted by molar-refractivity contribution is 6.30. The Balaban J connectivity index is 0.00000205. The summed E-state index contributed by atoms with van der Waals surface area (Å²) in [7, 11) is 1.74. The van der Waals surface area contributed by atoms with Crippen LogP contribution in [0.4, 0.5) is 0 Å². The van der Waals surface area contributed by atoms with Crippen molar-refractivity contribution in [2.24, 2.45) is 0 Å². The van der Waals surface area contributed by atoms with Gasteiger partial charge in [0, 0.05) is 23.0 Å². The zero-order valence-electron chi connectivity index (χ0n) is 16.4. The smallest absolute Gasteiger partial charge is 0.119 e. The molecule has 0 radical (unpaired) electrons. The number of benzene rings is 3. The largest absolute Gasteiger partial charge is 0.497 e. The van der Waals surface area contributed by atoms with Crippen molar-refractivity contribution in [1.82, 2.24) is 5.32 Å². The normalized spacial score (nSPS) is 21.9. The van der Waals surface area contributed by atoms with Gasteiger partial charge in [-0.2, -0.15) is 0 Å². The Kier molecular flexibility index (Phi) is 5.87. The lowest BCUT2D eigenvalue weighted by molar-refractivity contribution is 0.413. The van der Waals surface area contributed by atoms with E-state index in [1.807, 2.05) is 18.2 Å². The summed E-state index contributed by atoms with van der Waals surface area (Å²) in [5.41, 5.74) is 6.68. The van der Waals surface area contributed by atoms with Gasteiger partial charge in [-0.1, -0.05) is 54.1 Å². The second kappa shape index (κ2) is 8.39. The van der Waals surface area contributed by atoms with Gasteiger partial charge >= 0.3 is 0 Å². The van der Waals surface area contributed by atoms with E-state index >= 15 is 0 Å². The van der Waals surface area contributed by atoms with Gasteiger partial charge in [0.25, 0.3) is 0 Å². The Labute approximate surface area is 183 Å². The van der Waals surface area contributed by atoms with Crippen LogP contribution in [-0.2, 0) is 6.42 Å². The van der Waals surface area contributed by atoms with Gasteiger partial charge in [0.1, 0.15) is 5.75 Å². The lowest BCUT2D eigenvalue weighted by Crippen LogP contribution is -2.22. The summed E-state index contributed by atoms with van der Waals surface area (Å²) in [6.45, 7) is 0. The first-order valence-corrected chi connectivity index (χ1v) is 10.4. The molecular weight excluding hydrogens is 401 g/mol. The van der Waals surface area contributed by atoms with Crippen molar-refractivity contribution in [2.75, 3.05) is 7.11 Å². The van der Waals surface area contributed by atoms with Crippen LogP contribution in [0.2, 0.25) is 5.02 Å². The lowest BCUT2D eigenvalue weighted by Gasteiger charge is -2.15. The Bertz CT molecular complexity index is 1000. The van der Waals surface area contributed by atoms with Crippen LogP contribution in [0.1, 0.15) is 41.5 Å². The number of halogens is 2. The minimum Gasteiger partial charge on any atom is -0.497 e. The molecule has 2 aliphatic rings. The Morgan fingerprint density at radius 1 is 0.966 bits per heavy atom. The maximum Gasteiger partial charge on any atom is 0.119 e. The molecule has 0 amide bonds. The molecule has 150 valence electrons. The number of hydrogen-bond donors (Lipinski definition) is 1. The highest BCUT2D eigenvalue weighted by Gasteiger charge is 2.40. The van der Waals surface area contributed by atoms with Crippen molar-refractivity contribution in [2.45, 2.75) is 37.3 Å². The van der Waals surface area contributed by atoms with E-state index in [4.69, 9.17) is 16.3 Å². The maximum atomic E-state index is 6.13. The summed E-state index contributed by atoms with van der Waals surface area (Å²) >= 11 is 6.13. The Morgan fingerprint density at radius 3 is 2.55 bits per heavy atom. The second-order valence-electron chi connectivity index (χ2n) is 7.90. The van der Waals surface area contributed by atoms with E-state index in [1.54, 1.807) is 7.11 Å². The van der Waals surface area contributed by atoms with Crippen molar-refractivity contribution in [3.8, 4) is 16.9 Å². The molecule has 3 aromatic carbocycles.